The van der Waals surface area contributed by atoms with Gasteiger partial charge in [0.15, 0.2) is 0 Å². The van der Waals surface area contributed by atoms with E-state index in [1.54, 1.807) is 17.7 Å². The second-order valence-corrected chi connectivity index (χ2v) is 7.85. The molecule has 1 aliphatic rings. The van der Waals surface area contributed by atoms with Crippen LogP contribution in [0.3, 0.4) is 0 Å². The fourth-order valence-electron chi connectivity index (χ4n) is 4.26. The van der Waals surface area contributed by atoms with Crippen molar-refractivity contribution in [2.75, 3.05) is 5.32 Å². The number of fused-ring (bicyclic) bond motifs is 2. The fourth-order valence-corrected chi connectivity index (χ4v) is 4.26. The molecule has 0 saturated heterocycles. The van der Waals surface area contributed by atoms with Crippen LogP contribution in [0, 0.1) is 0 Å². The van der Waals surface area contributed by atoms with Crippen molar-refractivity contribution in [1.82, 2.24) is 9.88 Å². The van der Waals surface area contributed by atoms with Crippen LogP contribution < -0.4 is 20.9 Å². The van der Waals surface area contributed by atoms with Gasteiger partial charge in [0.1, 0.15) is 11.4 Å². The zero-order valence-electron chi connectivity index (χ0n) is 17.6. The van der Waals surface area contributed by atoms with Crippen molar-refractivity contribution in [3.63, 3.8) is 0 Å². The molecule has 4 rings (SSSR count). The van der Waals surface area contributed by atoms with Crippen molar-refractivity contribution < 1.29 is 9.53 Å². The lowest BCUT2D eigenvalue weighted by atomic mass is 9.83. The molecule has 3 aromatic rings. The molecule has 1 aliphatic heterocycles. The zero-order valence-corrected chi connectivity index (χ0v) is 17.6. The Hall–Kier alpha value is -3.28. The van der Waals surface area contributed by atoms with Gasteiger partial charge in [-0.25, -0.2) is 4.79 Å². The molecule has 156 valence electrons. The Balaban J connectivity index is 1.61. The minimum absolute atomic E-state index is 0.0848. The molecule has 30 heavy (non-hydrogen) atoms. The third kappa shape index (κ3) is 3.54. The Morgan fingerprint density at radius 2 is 1.87 bits per heavy atom. The number of anilines is 1. The molecule has 2 N–H and O–H groups in total. The van der Waals surface area contributed by atoms with Gasteiger partial charge in [-0.1, -0.05) is 38.1 Å². The quantitative estimate of drug-likeness (QED) is 0.658. The molecule has 1 aromatic heterocycles. The van der Waals surface area contributed by atoms with Gasteiger partial charge in [-0.2, -0.15) is 0 Å². The maximum absolute atomic E-state index is 12.9. The first-order valence-electron chi connectivity index (χ1n) is 10.4. The van der Waals surface area contributed by atoms with E-state index >= 15 is 0 Å². The molecular formula is C24H27N3O3. The predicted molar refractivity (Wildman–Crippen MR) is 119 cm³/mol. The highest BCUT2D eigenvalue weighted by atomic mass is 16.5. The van der Waals surface area contributed by atoms with Crippen LogP contribution in [0.5, 0.6) is 5.75 Å². The zero-order chi connectivity index (χ0) is 21.3. The van der Waals surface area contributed by atoms with Gasteiger partial charge in [-0.05, 0) is 37.1 Å². The maximum atomic E-state index is 12.9. The van der Waals surface area contributed by atoms with E-state index in [9.17, 15) is 9.59 Å². The Morgan fingerprint density at radius 1 is 1.10 bits per heavy atom. The van der Waals surface area contributed by atoms with Crippen molar-refractivity contribution >= 4 is 22.6 Å². The number of aryl methyl sites for hydroxylation is 1. The Bertz CT molecular complexity index is 1150. The van der Waals surface area contributed by atoms with Gasteiger partial charge in [-0.3, -0.25) is 4.79 Å². The second-order valence-electron chi connectivity index (χ2n) is 7.85. The number of nitrogens with one attached hydrogen (secondary N) is 2. The van der Waals surface area contributed by atoms with Crippen molar-refractivity contribution in [2.45, 2.75) is 44.8 Å². The smallest absolute Gasteiger partial charge is 0.319 e. The number of urea groups is 1. The number of aromatic nitrogens is 1. The first kappa shape index (κ1) is 20.0. The van der Waals surface area contributed by atoms with E-state index in [1.807, 2.05) is 42.5 Å². The summed E-state index contributed by atoms with van der Waals surface area (Å²) in [5, 5.41) is 6.92. The molecule has 0 saturated carbocycles. The van der Waals surface area contributed by atoms with Gasteiger partial charge >= 0.3 is 6.03 Å². The van der Waals surface area contributed by atoms with E-state index in [4.69, 9.17) is 4.74 Å². The summed E-state index contributed by atoms with van der Waals surface area (Å²) in [5.41, 5.74) is 2.05. The first-order valence-corrected chi connectivity index (χ1v) is 10.4. The number of carbonyl (C=O) groups excluding carboxylic acids is 1. The van der Waals surface area contributed by atoms with Crippen LogP contribution in [0.2, 0.25) is 0 Å². The molecule has 6 heteroatoms. The highest BCUT2D eigenvalue weighted by Gasteiger charge is 2.38. The third-order valence-electron chi connectivity index (χ3n) is 6.21. The molecule has 2 amide bonds. The number of hydrogen-bond acceptors (Lipinski definition) is 3. The number of rotatable bonds is 4. The van der Waals surface area contributed by atoms with Gasteiger partial charge in [0.25, 0.3) is 5.56 Å². The number of carbonyl (C=O) groups is 1. The molecule has 0 fully saturated rings. The second kappa shape index (κ2) is 7.86. The Kier molecular flexibility index (Phi) is 5.24. The number of hydrogen-bond donors (Lipinski definition) is 2. The van der Waals surface area contributed by atoms with Crippen LogP contribution in [0.15, 0.2) is 59.4 Å². The third-order valence-corrected chi connectivity index (χ3v) is 6.21. The highest BCUT2D eigenvalue weighted by molar-refractivity contribution is 6.00. The summed E-state index contributed by atoms with van der Waals surface area (Å²) in [7, 11) is 1.72. The summed E-state index contributed by atoms with van der Waals surface area (Å²) >= 11 is 0. The number of ether oxygens (including phenoxy) is 1. The predicted octanol–water partition coefficient (Wildman–Crippen LogP) is 4.74. The number of benzene rings is 2. The van der Waals surface area contributed by atoms with E-state index in [2.05, 4.69) is 24.5 Å². The lowest BCUT2D eigenvalue weighted by Crippen LogP contribution is -2.45. The summed E-state index contributed by atoms with van der Waals surface area (Å²) in [6, 6.07) is 16.3. The molecule has 0 bridgehead atoms. The molecule has 2 heterocycles. The minimum Gasteiger partial charge on any atom is -0.487 e. The van der Waals surface area contributed by atoms with Gasteiger partial charge < -0.3 is 19.9 Å². The van der Waals surface area contributed by atoms with Crippen LogP contribution >= 0.6 is 0 Å². The molecule has 0 aliphatic carbocycles. The normalized spacial score (nSPS) is 17.1. The largest absolute Gasteiger partial charge is 0.487 e. The van der Waals surface area contributed by atoms with Gasteiger partial charge in [0.2, 0.25) is 0 Å². The topological polar surface area (TPSA) is 72.4 Å². The van der Waals surface area contributed by atoms with Crippen molar-refractivity contribution in [3.8, 4) is 5.75 Å². The maximum Gasteiger partial charge on any atom is 0.319 e. The Morgan fingerprint density at radius 3 is 2.63 bits per heavy atom. The average molecular weight is 405 g/mol. The number of pyridine rings is 1. The molecule has 1 atom stereocenters. The summed E-state index contributed by atoms with van der Waals surface area (Å²) in [6.45, 7) is 4.24. The van der Waals surface area contributed by atoms with Crippen LogP contribution in [-0.4, -0.2) is 16.2 Å². The van der Waals surface area contributed by atoms with Crippen LogP contribution in [0.25, 0.3) is 10.9 Å². The van der Waals surface area contributed by atoms with Gasteiger partial charge in [0, 0.05) is 30.5 Å². The average Bonchev–Trinajstić information content (AvgIpc) is 2.76. The standard InChI is InChI=1S/C24H27N3O3/c1-4-24(5-2)15-19(17-9-6-7-12-21(17)30-24)26-23(29)25-18-10-8-11-20-16(18)13-14-22(28)27(20)3/h6-14,19H,4-5,15H2,1-3H3,(H2,25,26,29)/t19-/m1/s1. The SMILES string of the molecule is CCC1(CC)C[C@@H](NC(=O)Nc2cccc3c2ccc(=O)n3C)c2ccccc2O1. The van der Waals surface area contributed by atoms with Crippen LogP contribution in [0.4, 0.5) is 10.5 Å². The van der Waals surface area contributed by atoms with Gasteiger partial charge in [0.05, 0.1) is 17.2 Å². The molecule has 2 aromatic carbocycles. The van der Waals surface area contributed by atoms with Crippen LogP contribution in [0.1, 0.15) is 44.7 Å². The lowest BCUT2D eigenvalue weighted by molar-refractivity contribution is 0.0247. The summed E-state index contributed by atoms with van der Waals surface area (Å²) in [6.07, 6.45) is 2.46. The van der Waals surface area contributed by atoms with Crippen molar-refractivity contribution in [3.05, 3.63) is 70.5 Å². The van der Waals surface area contributed by atoms with E-state index in [-0.39, 0.29) is 23.2 Å². The van der Waals surface area contributed by atoms with Crippen LogP contribution in [-0.2, 0) is 7.05 Å². The Labute approximate surface area is 175 Å². The molecule has 0 unspecified atom stereocenters. The van der Waals surface area contributed by atoms with Crippen molar-refractivity contribution in [2.24, 2.45) is 7.05 Å². The summed E-state index contributed by atoms with van der Waals surface area (Å²) in [5.74, 6) is 0.831. The minimum atomic E-state index is -0.288. The number of para-hydroxylation sites is 1. The van der Waals surface area contributed by atoms with E-state index in [0.29, 0.717) is 12.1 Å². The summed E-state index contributed by atoms with van der Waals surface area (Å²) in [4.78, 5) is 24.9. The molecule has 0 spiro atoms. The number of amides is 2. The first-order chi connectivity index (χ1) is 14.5. The molecule has 6 nitrogen and oxygen atoms in total. The fraction of sp³-hybridized carbons (Fsp3) is 0.333. The lowest BCUT2D eigenvalue weighted by Gasteiger charge is -2.41. The molecule has 0 radical (unpaired) electrons. The van der Waals surface area contributed by atoms with E-state index in [0.717, 1.165) is 35.1 Å². The van der Waals surface area contributed by atoms with E-state index in [1.165, 1.54) is 6.07 Å². The highest BCUT2D eigenvalue weighted by Crippen LogP contribution is 2.42. The molecular weight excluding hydrogens is 378 g/mol. The van der Waals surface area contributed by atoms with Crippen molar-refractivity contribution in [1.29, 1.82) is 0 Å². The summed E-state index contributed by atoms with van der Waals surface area (Å²) < 4.78 is 7.90. The van der Waals surface area contributed by atoms with E-state index < -0.39 is 0 Å². The number of nitrogens with zero attached hydrogens (tertiary/aromatic N) is 1. The monoisotopic (exact) mass is 405 g/mol. The van der Waals surface area contributed by atoms with Gasteiger partial charge in [-0.15, -0.1) is 0 Å².